The van der Waals surface area contributed by atoms with Crippen LogP contribution in [0.25, 0.3) is 0 Å². The topological polar surface area (TPSA) is 43.0 Å². The molecule has 0 amide bonds. The third kappa shape index (κ3) is 8.83. The van der Waals surface area contributed by atoms with E-state index >= 15 is 0 Å². The minimum Gasteiger partial charge on any atom is -0.382 e. The zero-order valence-electron chi connectivity index (χ0n) is 11.7. The summed E-state index contributed by atoms with van der Waals surface area (Å²) in [6.45, 7) is 9.49. The van der Waals surface area contributed by atoms with Crippen LogP contribution in [0.3, 0.4) is 0 Å². The van der Waals surface area contributed by atoms with E-state index in [0.29, 0.717) is 13.2 Å². The maximum atomic E-state index is 5.39. The van der Waals surface area contributed by atoms with Gasteiger partial charge in [-0.3, -0.25) is 4.90 Å². The minimum atomic E-state index is 0.687. The number of nitrogens with zero attached hydrogens (tertiary/aromatic N) is 1. The molecule has 0 spiro atoms. The molecule has 1 heterocycles. The van der Waals surface area contributed by atoms with Crippen LogP contribution in [-0.4, -0.2) is 77.8 Å². The van der Waals surface area contributed by atoms with Crippen molar-refractivity contribution in [3.8, 4) is 0 Å². The second-order valence-electron chi connectivity index (χ2n) is 4.52. The normalized spacial score (nSPS) is 17.2. The molecule has 0 aromatic rings. The summed E-state index contributed by atoms with van der Waals surface area (Å²) in [7, 11) is 1.69. The first-order chi connectivity index (χ1) is 8.93. The number of hydrogen-bond acceptors (Lipinski definition) is 5. The molecular formula is C13H28N2O3. The molecule has 5 nitrogen and oxygen atoms in total. The highest BCUT2D eigenvalue weighted by Gasteiger charge is 2.08. The van der Waals surface area contributed by atoms with Crippen LogP contribution in [0.2, 0.25) is 0 Å². The highest BCUT2D eigenvalue weighted by molar-refractivity contribution is 4.62. The summed E-state index contributed by atoms with van der Waals surface area (Å²) in [6.07, 6.45) is 2.28. The summed E-state index contributed by atoms with van der Waals surface area (Å²) >= 11 is 0. The van der Waals surface area contributed by atoms with Gasteiger partial charge >= 0.3 is 0 Å². The number of hydrogen-bond donors (Lipinski definition) is 1. The Morgan fingerprint density at radius 3 is 2.61 bits per heavy atom. The monoisotopic (exact) mass is 260 g/mol. The van der Waals surface area contributed by atoms with E-state index in [4.69, 9.17) is 14.2 Å². The van der Waals surface area contributed by atoms with Gasteiger partial charge in [0.05, 0.1) is 26.4 Å². The smallest absolute Gasteiger partial charge is 0.0700 e. The Bertz CT molecular complexity index is 176. The summed E-state index contributed by atoms with van der Waals surface area (Å²) < 4.78 is 15.6. The Morgan fingerprint density at radius 1 is 1.06 bits per heavy atom. The van der Waals surface area contributed by atoms with Crippen molar-refractivity contribution in [3.63, 3.8) is 0 Å². The standard InChI is InChI=1S/C13H28N2O3/c1-16-12-13-17-9-3-5-14-4-2-6-15-7-10-18-11-8-15/h14H,2-13H2,1H3. The maximum Gasteiger partial charge on any atom is 0.0700 e. The second kappa shape index (κ2) is 11.9. The lowest BCUT2D eigenvalue weighted by atomic mass is 10.3. The Balaban J connectivity index is 1.73. The highest BCUT2D eigenvalue weighted by atomic mass is 16.5. The Morgan fingerprint density at radius 2 is 1.83 bits per heavy atom. The average Bonchev–Trinajstić information content (AvgIpc) is 2.42. The molecule has 1 saturated heterocycles. The molecule has 0 unspecified atom stereocenters. The predicted octanol–water partition coefficient (Wildman–Crippen LogP) is 0.351. The molecule has 0 aromatic carbocycles. The molecule has 0 aromatic heterocycles. The SMILES string of the molecule is COCCOCCCNCCCN1CCOCC1. The Hall–Kier alpha value is -0.200. The lowest BCUT2D eigenvalue weighted by Crippen LogP contribution is -2.37. The van der Waals surface area contributed by atoms with Crippen LogP contribution in [0.1, 0.15) is 12.8 Å². The van der Waals surface area contributed by atoms with Crippen LogP contribution in [0.4, 0.5) is 0 Å². The summed E-state index contributed by atoms with van der Waals surface area (Å²) in [5.74, 6) is 0. The van der Waals surface area contributed by atoms with E-state index in [2.05, 4.69) is 10.2 Å². The van der Waals surface area contributed by atoms with Crippen molar-refractivity contribution in [1.82, 2.24) is 10.2 Å². The fraction of sp³-hybridized carbons (Fsp3) is 1.00. The van der Waals surface area contributed by atoms with E-state index in [1.54, 1.807) is 7.11 Å². The third-order valence-corrected chi connectivity index (χ3v) is 3.01. The first-order valence-corrected chi connectivity index (χ1v) is 7.01. The van der Waals surface area contributed by atoms with Crippen molar-refractivity contribution in [2.75, 3.05) is 72.9 Å². The first-order valence-electron chi connectivity index (χ1n) is 7.01. The van der Waals surface area contributed by atoms with Crippen LogP contribution in [0.5, 0.6) is 0 Å². The van der Waals surface area contributed by atoms with Crippen molar-refractivity contribution in [3.05, 3.63) is 0 Å². The lowest BCUT2D eigenvalue weighted by Gasteiger charge is -2.26. The van der Waals surface area contributed by atoms with Gasteiger partial charge < -0.3 is 19.5 Å². The van der Waals surface area contributed by atoms with Gasteiger partial charge in [0.15, 0.2) is 0 Å². The number of methoxy groups -OCH3 is 1. The summed E-state index contributed by atoms with van der Waals surface area (Å²) in [5, 5.41) is 3.45. The van der Waals surface area contributed by atoms with E-state index in [1.165, 1.54) is 13.0 Å². The molecule has 0 aliphatic carbocycles. The van der Waals surface area contributed by atoms with Gasteiger partial charge in [-0.15, -0.1) is 0 Å². The van der Waals surface area contributed by atoms with Crippen LogP contribution >= 0.6 is 0 Å². The van der Waals surface area contributed by atoms with E-state index < -0.39 is 0 Å². The third-order valence-electron chi connectivity index (χ3n) is 3.01. The molecule has 1 N–H and O–H groups in total. The number of rotatable bonds is 11. The van der Waals surface area contributed by atoms with Gasteiger partial charge in [0, 0.05) is 26.8 Å². The van der Waals surface area contributed by atoms with E-state index in [-0.39, 0.29) is 0 Å². The fourth-order valence-electron chi connectivity index (χ4n) is 1.92. The maximum absolute atomic E-state index is 5.39. The zero-order chi connectivity index (χ0) is 12.9. The highest BCUT2D eigenvalue weighted by Crippen LogP contribution is 1.97. The van der Waals surface area contributed by atoms with Crippen molar-refractivity contribution in [2.45, 2.75) is 12.8 Å². The summed E-state index contributed by atoms with van der Waals surface area (Å²) in [6, 6.07) is 0. The number of morpholine rings is 1. The van der Waals surface area contributed by atoms with Crippen molar-refractivity contribution >= 4 is 0 Å². The molecule has 0 radical (unpaired) electrons. The minimum absolute atomic E-state index is 0.687. The molecule has 108 valence electrons. The van der Waals surface area contributed by atoms with Crippen molar-refractivity contribution in [1.29, 1.82) is 0 Å². The van der Waals surface area contributed by atoms with E-state index in [1.807, 2.05) is 0 Å². The van der Waals surface area contributed by atoms with Gasteiger partial charge in [0.1, 0.15) is 0 Å². The van der Waals surface area contributed by atoms with Crippen molar-refractivity contribution < 1.29 is 14.2 Å². The molecular weight excluding hydrogens is 232 g/mol. The zero-order valence-corrected chi connectivity index (χ0v) is 11.7. The molecule has 1 aliphatic heterocycles. The Labute approximate surface area is 111 Å². The fourth-order valence-corrected chi connectivity index (χ4v) is 1.92. The molecule has 18 heavy (non-hydrogen) atoms. The van der Waals surface area contributed by atoms with Gasteiger partial charge in [-0.05, 0) is 32.5 Å². The molecule has 5 heteroatoms. The van der Waals surface area contributed by atoms with Gasteiger partial charge in [0.25, 0.3) is 0 Å². The Kier molecular flexibility index (Phi) is 10.5. The molecule has 0 bridgehead atoms. The summed E-state index contributed by atoms with van der Waals surface area (Å²) in [5.41, 5.74) is 0. The molecule has 0 atom stereocenters. The quantitative estimate of drug-likeness (QED) is 0.543. The van der Waals surface area contributed by atoms with Gasteiger partial charge in [0.2, 0.25) is 0 Å². The predicted molar refractivity (Wildman–Crippen MR) is 72.1 cm³/mol. The van der Waals surface area contributed by atoms with Crippen LogP contribution < -0.4 is 5.32 Å². The molecule has 1 aliphatic rings. The molecule has 1 fully saturated rings. The summed E-state index contributed by atoms with van der Waals surface area (Å²) in [4.78, 5) is 2.47. The van der Waals surface area contributed by atoms with E-state index in [0.717, 1.165) is 52.4 Å². The number of nitrogens with one attached hydrogen (secondary N) is 1. The van der Waals surface area contributed by atoms with Crippen LogP contribution in [0.15, 0.2) is 0 Å². The lowest BCUT2D eigenvalue weighted by molar-refractivity contribution is 0.0374. The van der Waals surface area contributed by atoms with Crippen LogP contribution in [0, 0.1) is 0 Å². The molecule has 0 saturated carbocycles. The first kappa shape index (κ1) is 15.9. The number of ether oxygens (including phenoxy) is 3. The largest absolute Gasteiger partial charge is 0.382 e. The second-order valence-corrected chi connectivity index (χ2v) is 4.52. The van der Waals surface area contributed by atoms with Gasteiger partial charge in [-0.25, -0.2) is 0 Å². The molecule has 1 rings (SSSR count). The van der Waals surface area contributed by atoms with Gasteiger partial charge in [-0.2, -0.15) is 0 Å². The van der Waals surface area contributed by atoms with Crippen LogP contribution in [-0.2, 0) is 14.2 Å². The van der Waals surface area contributed by atoms with Gasteiger partial charge in [-0.1, -0.05) is 0 Å². The van der Waals surface area contributed by atoms with Crippen molar-refractivity contribution in [2.24, 2.45) is 0 Å². The average molecular weight is 260 g/mol. The van der Waals surface area contributed by atoms with E-state index in [9.17, 15) is 0 Å².